The number of nitrogens with zero attached hydrogens (tertiary/aromatic N) is 1. The fraction of sp³-hybridized carbons (Fsp3) is 0.875. The summed E-state index contributed by atoms with van der Waals surface area (Å²) in [5.74, 6) is 0.812. The van der Waals surface area contributed by atoms with Crippen molar-refractivity contribution in [3.63, 3.8) is 0 Å². The smallest absolute Gasteiger partial charge is 0.223 e. The van der Waals surface area contributed by atoms with E-state index in [-0.39, 0.29) is 19.0 Å². The van der Waals surface area contributed by atoms with E-state index in [1.807, 2.05) is 6.26 Å². The molecule has 76 valence electrons. The van der Waals surface area contributed by atoms with Crippen molar-refractivity contribution in [2.45, 2.75) is 18.6 Å². The molecule has 0 aliphatic carbocycles. The first-order chi connectivity index (χ1) is 6.15. The number of rotatable bonds is 3. The molecule has 0 spiro atoms. The highest BCUT2D eigenvalue weighted by Crippen LogP contribution is 2.11. The first kappa shape index (κ1) is 10.8. The van der Waals surface area contributed by atoms with Gasteiger partial charge in [0.15, 0.2) is 0 Å². The van der Waals surface area contributed by atoms with Crippen LogP contribution in [0.4, 0.5) is 0 Å². The standard InChI is InChI=1S/C8H15NO3S/c1-13-3-2-8(12)9-4-6(10)7(11)5-9/h6-7,10-11H,2-5H2,1H3/t6-,7+. The lowest BCUT2D eigenvalue weighted by Crippen LogP contribution is -2.29. The molecule has 0 saturated carbocycles. The highest BCUT2D eigenvalue weighted by atomic mass is 32.2. The summed E-state index contributed by atoms with van der Waals surface area (Å²) < 4.78 is 0. The van der Waals surface area contributed by atoms with Gasteiger partial charge in [-0.3, -0.25) is 4.79 Å². The topological polar surface area (TPSA) is 60.8 Å². The van der Waals surface area contributed by atoms with E-state index in [9.17, 15) is 15.0 Å². The number of carbonyl (C=O) groups is 1. The number of aliphatic hydroxyl groups excluding tert-OH is 2. The van der Waals surface area contributed by atoms with Gasteiger partial charge in [0.25, 0.3) is 0 Å². The fourth-order valence-electron chi connectivity index (χ4n) is 1.32. The molecule has 1 saturated heterocycles. The van der Waals surface area contributed by atoms with Crippen LogP contribution >= 0.6 is 11.8 Å². The Bertz CT molecular complexity index is 178. The van der Waals surface area contributed by atoms with E-state index >= 15 is 0 Å². The summed E-state index contributed by atoms with van der Waals surface area (Å²) in [5, 5.41) is 18.4. The number of thioether (sulfide) groups is 1. The van der Waals surface area contributed by atoms with E-state index in [1.165, 1.54) is 4.90 Å². The Balaban J connectivity index is 2.33. The van der Waals surface area contributed by atoms with Gasteiger partial charge in [0.1, 0.15) is 0 Å². The summed E-state index contributed by atoms with van der Waals surface area (Å²) in [4.78, 5) is 12.9. The van der Waals surface area contributed by atoms with Gasteiger partial charge in [0, 0.05) is 25.3 Å². The van der Waals surface area contributed by atoms with Crippen LogP contribution in [-0.2, 0) is 4.79 Å². The molecule has 5 heteroatoms. The molecule has 1 rings (SSSR count). The third-order valence-corrected chi connectivity index (χ3v) is 2.74. The molecule has 1 aliphatic rings. The van der Waals surface area contributed by atoms with Gasteiger partial charge in [-0.25, -0.2) is 0 Å². The molecule has 0 unspecified atom stereocenters. The van der Waals surface area contributed by atoms with Crippen LogP contribution in [0.5, 0.6) is 0 Å². The third-order valence-electron chi connectivity index (χ3n) is 2.13. The van der Waals surface area contributed by atoms with E-state index in [0.29, 0.717) is 6.42 Å². The summed E-state index contributed by atoms with van der Waals surface area (Å²) in [7, 11) is 0. The zero-order valence-electron chi connectivity index (χ0n) is 7.64. The van der Waals surface area contributed by atoms with Crippen molar-refractivity contribution >= 4 is 17.7 Å². The lowest BCUT2D eigenvalue weighted by atomic mass is 10.3. The summed E-state index contributed by atoms with van der Waals surface area (Å²) in [6.07, 6.45) is 0.901. The highest BCUT2D eigenvalue weighted by molar-refractivity contribution is 7.98. The maximum absolute atomic E-state index is 11.4. The van der Waals surface area contributed by atoms with Crippen molar-refractivity contribution in [2.75, 3.05) is 25.1 Å². The predicted octanol–water partition coefficient (Wildman–Crippen LogP) is -0.697. The summed E-state index contributed by atoms with van der Waals surface area (Å²) in [6, 6.07) is 0. The minimum atomic E-state index is -0.766. The Morgan fingerprint density at radius 1 is 1.46 bits per heavy atom. The van der Waals surface area contributed by atoms with E-state index < -0.39 is 12.2 Å². The lowest BCUT2D eigenvalue weighted by Gasteiger charge is -2.14. The van der Waals surface area contributed by atoms with Gasteiger partial charge in [0.05, 0.1) is 12.2 Å². The van der Waals surface area contributed by atoms with E-state index in [1.54, 1.807) is 11.8 Å². The summed E-state index contributed by atoms with van der Waals surface area (Å²) in [6.45, 7) is 0.544. The number of amides is 1. The third kappa shape index (κ3) is 2.86. The SMILES string of the molecule is CSCCC(=O)N1C[C@@H](O)[C@@H](O)C1. The maximum Gasteiger partial charge on any atom is 0.223 e. The van der Waals surface area contributed by atoms with Crippen molar-refractivity contribution in [1.82, 2.24) is 4.90 Å². The van der Waals surface area contributed by atoms with Gasteiger partial charge in [-0.1, -0.05) is 0 Å². The van der Waals surface area contributed by atoms with Crippen molar-refractivity contribution in [3.8, 4) is 0 Å². The fourth-order valence-corrected chi connectivity index (χ4v) is 1.70. The monoisotopic (exact) mass is 205 g/mol. The van der Waals surface area contributed by atoms with E-state index in [0.717, 1.165) is 5.75 Å². The Kier molecular flexibility index (Phi) is 4.02. The van der Waals surface area contributed by atoms with Crippen LogP contribution in [0.15, 0.2) is 0 Å². The minimum Gasteiger partial charge on any atom is -0.388 e. The van der Waals surface area contributed by atoms with Gasteiger partial charge in [-0.2, -0.15) is 11.8 Å². The first-order valence-electron chi connectivity index (χ1n) is 4.28. The molecule has 1 aliphatic heterocycles. The number of hydrogen-bond donors (Lipinski definition) is 2. The van der Waals surface area contributed by atoms with Gasteiger partial charge in [0.2, 0.25) is 5.91 Å². The van der Waals surface area contributed by atoms with Crippen LogP contribution in [0.25, 0.3) is 0 Å². The molecule has 2 atom stereocenters. The summed E-state index contributed by atoms with van der Waals surface area (Å²) >= 11 is 1.62. The van der Waals surface area contributed by atoms with E-state index in [2.05, 4.69) is 0 Å². The van der Waals surface area contributed by atoms with Gasteiger partial charge < -0.3 is 15.1 Å². The molecule has 1 fully saturated rings. The van der Waals surface area contributed by atoms with Gasteiger partial charge in [-0.05, 0) is 6.26 Å². The molecule has 13 heavy (non-hydrogen) atoms. The molecule has 1 amide bonds. The molecule has 0 aromatic carbocycles. The van der Waals surface area contributed by atoms with Crippen LogP contribution in [0.3, 0.4) is 0 Å². The molecule has 0 bridgehead atoms. The number of carbonyl (C=O) groups excluding carboxylic acids is 1. The molecule has 0 aromatic rings. The van der Waals surface area contributed by atoms with Crippen LogP contribution in [0.1, 0.15) is 6.42 Å². The van der Waals surface area contributed by atoms with Crippen molar-refractivity contribution in [2.24, 2.45) is 0 Å². The van der Waals surface area contributed by atoms with Crippen LogP contribution < -0.4 is 0 Å². The van der Waals surface area contributed by atoms with Crippen molar-refractivity contribution < 1.29 is 15.0 Å². The Morgan fingerprint density at radius 3 is 2.46 bits per heavy atom. The highest BCUT2D eigenvalue weighted by Gasteiger charge is 2.31. The van der Waals surface area contributed by atoms with Crippen LogP contribution in [0.2, 0.25) is 0 Å². The van der Waals surface area contributed by atoms with E-state index in [4.69, 9.17) is 0 Å². The Morgan fingerprint density at radius 2 is 2.00 bits per heavy atom. The minimum absolute atomic E-state index is 0.0185. The number of aliphatic hydroxyl groups is 2. The van der Waals surface area contributed by atoms with Gasteiger partial charge >= 0.3 is 0 Å². The lowest BCUT2D eigenvalue weighted by molar-refractivity contribution is -0.130. The Labute approximate surface area is 81.9 Å². The van der Waals surface area contributed by atoms with Gasteiger partial charge in [-0.15, -0.1) is 0 Å². The average Bonchev–Trinajstić information content (AvgIpc) is 2.43. The zero-order chi connectivity index (χ0) is 9.84. The van der Waals surface area contributed by atoms with Crippen LogP contribution in [0, 0.1) is 0 Å². The molecule has 4 nitrogen and oxygen atoms in total. The van der Waals surface area contributed by atoms with Crippen molar-refractivity contribution in [3.05, 3.63) is 0 Å². The Hall–Kier alpha value is -0.260. The van der Waals surface area contributed by atoms with Crippen molar-refractivity contribution in [1.29, 1.82) is 0 Å². The normalized spacial score (nSPS) is 28.1. The number of β-amino-alcohol motifs (C(OH)–C–C–N with tert-alkyl or cyclic N) is 2. The number of likely N-dealkylation sites (tertiary alicyclic amines) is 1. The average molecular weight is 205 g/mol. The molecule has 0 radical (unpaired) electrons. The molecule has 1 heterocycles. The largest absolute Gasteiger partial charge is 0.388 e. The number of hydrogen-bond acceptors (Lipinski definition) is 4. The second-order valence-electron chi connectivity index (χ2n) is 3.18. The first-order valence-corrected chi connectivity index (χ1v) is 5.67. The second kappa shape index (κ2) is 4.83. The van der Waals surface area contributed by atoms with Crippen LogP contribution in [-0.4, -0.2) is 58.3 Å². The second-order valence-corrected chi connectivity index (χ2v) is 4.16. The molecule has 2 N–H and O–H groups in total. The molecule has 0 aromatic heterocycles. The predicted molar refractivity (Wildman–Crippen MR) is 51.6 cm³/mol. The zero-order valence-corrected chi connectivity index (χ0v) is 8.46. The molecular weight excluding hydrogens is 190 g/mol. The summed E-state index contributed by atoms with van der Waals surface area (Å²) in [5.41, 5.74) is 0. The maximum atomic E-state index is 11.4. The molecular formula is C8H15NO3S. The quantitative estimate of drug-likeness (QED) is 0.640.